The molecular formula is C14H18N2O2. The van der Waals surface area contributed by atoms with Crippen LogP contribution in [0.3, 0.4) is 0 Å². The van der Waals surface area contributed by atoms with Crippen LogP contribution < -0.4 is 10.1 Å². The molecule has 0 spiro atoms. The van der Waals surface area contributed by atoms with Gasteiger partial charge in [0.2, 0.25) is 5.91 Å². The fourth-order valence-electron chi connectivity index (χ4n) is 1.63. The van der Waals surface area contributed by atoms with Crippen LogP contribution in [-0.4, -0.2) is 12.5 Å². The summed E-state index contributed by atoms with van der Waals surface area (Å²) in [6.07, 6.45) is 1.83. The van der Waals surface area contributed by atoms with E-state index in [1.165, 1.54) is 0 Å². The van der Waals surface area contributed by atoms with Crippen LogP contribution >= 0.6 is 0 Å². The molecule has 0 radical (unpaired) electrons. The molecule has 0 bridgehead atoms. The minimum absolute atomic E-state index is 0.0233. The van der Waals surface area contributed by atoms with Gasteiger partial charge in [-0.1, -0.05) is 32.4 Å². The van der Waals surface area contributed by atoms with Crippen LogP contribution in [0.4, 0.5) is 5.69 Å². The van der Waals surface area contributed by atoms with Crippen molar-refractivity contribution < 1.29 is 9.53 Å². The number of hydrogen-bond donors (Lipinski definition) is 1. The molecule has 1 rings (SSSR count). The molecule has 1 aromatic carbocycles. The monoisotopic (exact) mass is 246 g/mol. The number of nitriles is 1. The molecule has 1 atom stereocenters. The second-order valence-electron chi connectivity index (χ2n) is 4.12. The van der Waals surface area contributed by atoms with E-state index in [1.54, 1.807) is 18.2 Å². The Bertz CT molecular complexity index is 438. The summed E-state index contributed by atoms with van der Waals surface area (Å²) < 4.78 is 5.25. The van der Waals surface area contributed by atoms with Crippen molar-refractivity contribution in [3.8, 4) is 11.8 Å². The van der Waals surface area contributed by atoms with Gasteiger partial charge in [0.05, 0.1) is 5.69 Å². The Kier molecular flexibility index (Phi) is 5.72. The number of carbonyl (C=O) groups excluding carboxylic acids is 1. The summed E-state index contributed by atoms with van der Waals surface area (Å²) in [5.41, 5.74) is 0.612. The zero-order chi connectivity index (χ0) is 13.4. The summed E-state index contributed by atoms with van der Waals surface area (Å²) in [7, 11) is 0. The molecule has 0 fully saturated rings. The van der Waals surface area contributed by atoms with Crippen molar-refractivity contribution in [3.63, 3.8) is 0 Å². The van der Waals surface area contributed by atoms with Crippen molar-refractivity contribution in [2.24, 2.45) is 5.92 Å². The van der Waals surface area contributed by atoms with Gasteiger partial charge in [0.25, 0.3) is 0 Å². The van der Waals surface area contributed by atoms with Crippen LogP contribution in [0, 0.1) is 17.2 Å². The van der Waals surface area contributed by atoms with E-state index in [-0.39, 0.29) is 18.4 Å². The van der Waals surface area contributed by atoms with E-state index in [0.29, 0.717) is 11.4 Å². The fraction of sp³-hybridized carbons (Fsp3) is 0.429. The Morgan fingerprint density at radius 2 is 2.22 bits per heavy atom. The van der Waals surface area contributed by atoms with E-state index in [2.05, 4.69) is 5.32 Å². The van der Waals surface area contributed by atoms with Crippen LogP contribution in [0.2, 0.25) is 0 Å². The van der Waals surface area contributed by atoms with Crippen molar-refractivity contribution in [1.82, 2.24) is 0 Å². The molecule has 0 saturated carbocycles. The molecule has 4 heteroatoms. The normalized spacial score (nSPS) is 11.4. The first-order valence-corrected chi connectivity index (χ1v) is 6.08. The lowest BCUT2D eigenvalue weighted by Crippen LogP contribution is -2.20. The number of amides is 1. The quantitative estimate of drug-likeness (QED) is 0.839. The Balaban J connectivity index is 2.71. The van der Waals surface area contributed by atoms with Gasteiger partial charge in [0.15, 0.2) is 6.61 Å². The molecule has 4 nitrogen and oxygen atoms in total. The smallest absolute Gasteiger partial charge is 0.227 e. The topological polar surface area (TPSA) is 62.1 Å². The zero-order valence-corrected chi connectivity index (χ0v) is 10.8. The SMILES string of the molecule is CCCC(C)C(=O)Nc1ccccc1OCC#N. The van der Waals surface area contributed by atoms with E-state index >= 15 is 0 Å². The van der Waals surface area contributed by atoms with E-state index in [4.69, 9.17) is 10.00 Å². The summed E-state index contributed by atoms with van der Waals surface area (Å²) in [5, 5.41) is 11.3. The van der Waals surface area contributed by atoms with Crippen molar-refractivity contribution in [2.45, 2.75) is 26.7 Å². The Hall–Kier alpha value is -2.02. The predicted octanol–water partition coefficient (Wildman–Crippen LogP) is 2.96. The van der Waals surface area contributed by atoms with Crippen molar-refractivity contribution in [2.75, 3.05) is 11.9 Å². The largest absolute Gasteiger partial charge is 0.477 e. The lowest BCUT2D eigenvalue weighted by atomic mass is 10.1. The zero-order valence-electron chi connectivity index (χ0n) is 10.8. The maximum absolute atomic E-state index is 11.9. The lowest BCUT2D eigenvalue weighted by molar-refractivity contribution is -0.119. The highest BCUT2D eigenvalue weighted by molar-refractivity contribution is 5.93. The molecular weight excluding hydrogens is 228 g/mol. The van der Waals surface area contributed by atoms with Gasteiger partial charge in [-0.3, -0.25) is 4.79 Å². The van der Waals surface area contributed by atoms with Gasteiger partial charge in [-0.15, -0.1) is 0 Å². The van der Waals surface area contributed by atoms with Crippen molar-refractivity contribution in [1.29, 1.82) is 5.26 Å². The van der Waals surface area contributed by atoms with Crippen LogP contribution in [0.25, 0.3) is 0 Å². The fourth-order valence-corrected chi connectivity index (χ4v) is 1.63. The summed E-state index contributed by atoms with van der Waals surface area (Å²) >= 11 is 0. The standard InChI is InChI=1S/C14H18N2O2/c1-3-6-11(2)14(17)16-12-7-4-5-8-13(12)18-10-9-15/h4-5,7-8,11H,3,6,10H2,1-2H3,(H,16,17). The molecule has 0 aliphatic carbocycles. The molecule has 96 valence electrons. The van der Waals surface area contributed by atoms with Gasteiger partial charge >= 0.3 is 0 Å². The van der Waals surface area contributed by atoms with E-state index in [9.17, 15) is 4.79 Å². The maximum atomic E-state index is 11.9. The van der Waals surface area contributed by atoms with Gasteiger partial charge in [0, 0.05) is 5.92 Å². The van der Waals surface area contributed by atoms with E-state index in [1.807, 2.05) is 26.0 Å². The molecule has 1 amide bonds. The van der Waals surface area contributed by atoms with Gasteiger partial charge in [-0.2, -0.15) is 5.26 Å². The molecule has 0 heterocycles. The first-order valence-electron chi connectivity index (χ1n) is 6.08. The molecule has 0 aliphatic heterocycles. The number of benzene rings is 1. The molecule has 0 saturated heterocycles. The molecule has 1 N–H and O–H groups in total. The molecule has 0 aromatic heterocycles. The average molecular weight is 246 g/mol. The summed E-state index contributed by atoms with van der Waals surface area (Å²) in [4.78, 5) is 11.9. The van der Waals surface area contributed by atoms with Crippen LogP contribution in [0.5, 0.6) is 5.75 Å². The number of nitrogens with one attached hydrogen (secondary N) is 1. The lowest BCUT2D eigenvalue weighted by Gasteiger charge is -2.13. The first kappa shape index (κ1) is 14.0. The van der Waals surface area contributed by atoms with Crippen LogP contribution in [0.1, 0.15) is 26.7 Å². The molecule has 1 aromatic rings. The molecule has 0 aliphatic rings. The number of hydrogen-bond acceptors (Lipinski definition) is 3. The van der Waals surface area contributed by atoms with E-state index < -0.39 is 0 Å². The van der Waals surface area contributed by atoms with Gasteiger partial charge in [-0.05, 0) is 18.6 Å². The van der Waals surface area contributed by atoms with Gasteiger partial charge in [-0.25, -0.2) is 0 Å². The molecule has 18 heavy (non-hydrogen) atoms. The summed E-state index contributed by atoms with van der Waals surface area (Å²) in [5.74, 6) is 0.472. The summed E-state index contributed by atoms with van der Waals surface area (Å²) in [6, 6.07) is 9.03. The minimum Gasteiger partial charge on any atom is -0.477 e. The third-order valence-corrected chi connectivity index (χ3v) is 2.61. The second kappa shape index (κ2) is 7.33. The summed E-state index contributed by atoms with van der Waals surface area (Å²) in [6.45, 7) is 3.92. The number of para-hydroxylation sites is 2. The van der Waals surface area contributed by atoms with Crippen LogP contribution in [0.15, 0.2) is 24.3 Å². The minimum atomic E-state index is -0.0304. The number of carbonyl (C=O) groups is 1. The highest BCUT2D eigenvalue weighted by atomic mass is 16.5. The van der Waals surface area contributed by atoms with Crippen molar-refractivity contribution in [3.05, 3.63) is 24.3 Å². The number of anilines is 1. The van der Waals surface area contributed by atoms with Gasteiger partial charge in [0.1, 0.15) is 11.8 Å². The third-order valence-electron chi connectivity index (χ3n) is 2.61. The molecule has 1 unspecified atom stereocenters. The van der Waals surface area contributed by atoms with E-state index in [0.717, 1.165) is 12.8 Å². The second-order valence-corrected chi connectivity index (χ2v) is 4.12. The first-order chi connectivity index (χ1) is 8.69. The average Bonchev–Trinajstić information content (AvgIpc) is 2.38. The maximum Gasteiger partial charge on any atom is 0.227 e. The Morgan fingerprint density at radius 3 is 2.89 bits per heavy atom. The Labute approximate surface area is 108 Å². The third kappa shape index (κ3) is 4.10. The highest BCUT2D eigenvalue weighted by Gasteiger charge is 2.13. The van der Waals surface area contributed by atoms with Crippen LogP contribution in [-0.2, 0) is 4.79 Å². The van der Waals surface area contributed by atoms with Gasteiger partial charge < -0.3 is 10.1 Å². The Morgan fingerprint density at radius 1 is 1.50 bits per heavy atom. The predicted molar refractivity (Wildman–Crippen MR) is 70.3 cm³/mol. The van der Waals surface area contributed by atoms with Crippen molar-refractivity contribution >= 4 is 11.6 Å². The number of nitrogens with zero attached hydrogens (tertiary/aromatic N) is 1. The number of rotatable bonds is 6. The highest BCUT2D eigenvalue weighted by Crippen LogP contribution is 2.24. The number of ether oxygens (including phenoxy) is 1.